The first-order valence-corrected chi connectivity index (χ1v) is 4.69. The third-order valence-electron chi connectivity index (χ3n) is 2.52. The Hall–Kier alpha value is -1.82. The van der Waals surface area contributed by atoms with E-state index in [0.29, 0.717) is 0 Å². The predicted octanol–water partition coefficient (Wildman–Crippen LogP) is 2.15. The van der Waals surface area contributed by atoms with Crippen LogP contribution in [0.5, 0.6) is 0 Å². The fourth-order valence-corrected chi connectivity index (χ4v) is 1.35. The van der Waals surface area contributed by atoms with Crippen LogP contribution in [0.3, 0.4) is 0 Å². The average Bonchev–Trinajstić information content (AvgIpc) is 2.21. The Bertz CT molecular complexity index is 420. The maximum Gasteiger partial charge on any atom is 0.324 e. The first kappa shape index (κ1) is 11.3. The molecule has 0 radical (unpaired) electrons. The molecule has 0 aliphatic rings. The van der Waals surface area contributed by atoms with E-state index in [-0.39, 0.29) is 6.42 Å². The van der Waals surface area contributed by atoms with Gasteiger partial charge in [0.2, 0.25) is 0 Å². The van der Waals surface area contributed by atoms with Crippen molar-refractivity contribution in [3.8, 4) is 6.07 Å². The molecule has 0 heterocycles. The van der Waals surface area contributed by atoms with Crippen molar-refractivity contribution in [2.75, 3.05) is 0 Å². The molecular weight excluding hydrogens is 190 g/mol. The highest BCUT2D eigenvalue weighted by atomic mass is 16.4. The molecule has 3 heteroatoms. The molecular formula is C12H13NO2. The van der Waals surface area contributed by atoms with E-state index in [4.69, 9.17) is 10.4 Å². The maximum absolute atomic E-state index is 10.9. The van der Waals surface area contributed by atoms with Crippen molar-refractivity contribution in [2.24, 2.45) is 5.41 Å². The van der Waals surface area contributed by atoms with Gasteiger partial charge in [-0.3, -0.25) is 4.79 Å². The van der Waals surface area contributed by atoms with Crippen LogP contribution in [0.2, 0.25) is 0 Å². The number of rotatable bonds is 3. The monoisotopic (exact) mass is 203 g/mol. The van der Waals surface area contributed by atoms with E-state index in [0.717, 1.165) is 11.1 Å². The Morgan fingerprint density at radius 3 is 2.60 bits per heavy atom. The highest BCUT2D eigenvalue weighted by molar-refractivity contribution is 5.78. The van der Waals surface area contributed by atoms with E-state index in [1.54, 1.807) is 0 Å². The van der Waals surface area contributed by atoms with E-state index in [1.807, 2.05) is 37.3 Å². The van der Waals surface area contributed by atoms with Crippen LogP contribution in [0, 0.1) is 23.7 Å². The zero-order chi connectivity index (χ0) is 11.5. The van der Waals surface area contributed by atoms with Gasteiger partial charge in [0.25, 0.3) is 0 Å². The van der Waals surface area contributed by atoms with Crippen molar-refractivity contribution in [1.29, 1.82) is 5.26 Å². The molecule has 1 N–H and O–H groups in total. The predicted molar refractivity (Wildman–Crippen MR) is 56.2 cm³/mol. The molecule has 0 fully saturated rings. The molecule has 0 amide bonds. The normalized spacial score (nSPS) is 13.9. The SMILES string of the molecule is Cc1ccccc1C[C@](C)(C#N)C(=O)O. The fourth-order valence-electron chi connectivity index (χ4n) is 1.35. The summed E-state index contributed by atoms with van der Waals surface area (Å²) in [6.07, 6.45) is 0.242. The average molecular weight is 203 g/mol. The number of aliphatic carboxylic acids is 1. The lowest BCUT2D eigenvalue weighted by molar-refractivity contribution is -0.144. The van der Waals surface area contributed by atoms with Gasteiger partial charge in [0.05, 0.1) is 6.07 Å². The van der Waals surface area contributed by atoms with Crippen LogP contribution in [0.1, 0.15) is 18.1 Å². The van der Waals surface area contributed by atoms with E-state index >= 15 is 0 Å². The number of carboxylic acids is 1. The summed E-state index contributed by atoms with van der Waals surface area (Å²) in [6.45, 7) is 3.36. The number of nitriles is 1. The third-order valence-corrected chi connectivity index (χ3v) is 2.52. The second-order valence-electron chi connectivity index (χ2n) is 3.85. The molecule has 1 aromatic rings. The highest BCUT2D eigenvalue weighted by Gasteiger charge is 2.33. The van der Waals surface area contributed by atoms with Gasteiger partial charge in [-0.05, 0) is 25.0 Å². The van der Waals surface area contributed by atoms with Gasteiger partial charge in [0.1, 0.15) is 0 Å². The molecule has 0 unspecified atom stereocenters. The van der Waals surface area contributed by atoms with Crippen molar-refractivity contribution >= 4 is 5.97 Å². The largest absolute Gasteiger partial charge is 0.480 e. The van der Waals surface area contributed by atoms with Crippen LogP contribution in [0.15, 0.2) is 24.3 Å². The molecule has 3 nitrogen and oxygen atoms in total. The Morgan fingerprint density at radius 2 is 2.13 bits per heavy atom. The number of carbonyl (C=O) groups is 1. The Balaban J connectivity index is 3.01. The van der Waals surface area contributed by atoms with Gasteiger partial charge in [-0.2, -0.15) is 5.26 Å². The minimum Gasteiger partial charge on any atom is -0.480 e. The van der Waals surface area contributed by atoms with Crippen molar-refractivity contribution in [2.45, 2.75) is 20.3 Å². The number of nitrogens with zero attached hydrogens (tertiary/aromatic N) is 1. The first-order chi connectivity index (χ1) is 6.99. The summed E-state index contributed by atoms with van der Waals surface area (Å²) in [5.41, 5.74) is 0.579. The quantitative estimate of drug-likeness (QED) is 0.818. The summed E-state index contributed by atoms with van der Waals surface area (Å²) < 4.78 is 0. The van der Waals surface area contributed by atoms with Gasteiger partial charge in [0, 0.05) is 6.42 Å². The summed E-state index contributed by atoms with van der Waals surface area (Å²) in [5.74, 6) is -1.08. The smallest absolute Gasteiger partial charge is 0.324 e. The molecule has 1 rings (SSSR count). The van der Waals surface area contributed by atoms with Crippen LogP contribution >= 0.6 is 0 Å². The van der Waals surface area contributed by atoms with Crippen LogP contribution in [0.4, 0.5) is 0 Å². The Labute approximate surface area is 89.0 Å². The van der Waals surface area contributed by atoms with Gasteiger partial charge in [-0.25, -0.2) is 0 Å². The summed E-state index contributed by atoms with van der Waals surface area (Å²) >= 11 is 0. The zero-order valence-electron chi connectivity index (χ0n) is 8.82. The number of hydrogen-bond acceptors (Lipinski definition) is 2. The van der Waals surface area contributed by atoms with Gasteiger partial charge in [-0.1, -0.05) is 24.3 Å². The zero-order valence-corrected chi connectivity index (χ0v) is 8.82. The summed E-state index contributed by atoms with van der Waals surface area (Å²) in [5, 5.41) is 17.8. The molecule has 0 aromatic heterocycles. The van der Waals surface area contributed by atoms with E-state index in [2.05, 4.69) is 0 Å². The van der Waals surface area contributed by atoms with Gasteiger partial charge in [-0.15, -0.1) is 0 Å². The molecule has 0 aliphatic carbocycles. The number of hydrogen-bond donors (Lipinski definition) is 1. The van der Waals surface area contributed by atoms with E-state index < -0.39 is 11.4 Å². The Kier molecular flexibility index (Phi) is 3.11. The van der Waals surface area contributed by atoms with Crippen molar-refractivity contribution in [3.63, 3.8) is 0 Å². The molecule has 0 bridgehead atoms. The second-order valence-corrected chi connectivity index (χ2v) is 3.85. The third kappa shape index (κ3) is 2.35. The molecule has 1 atom stereocenters. The molecule has 78 valence electrons. The summed E-state index contributed by atoms with van der Waals surface area (Å²) in [7, 11) is 0. The summed E-state index contributed by atoms with van der Waals surface area (Å²) in [6, 6.07) is 9.36. The van der Waals surface area contributed by atoms with Crippen LogP contribution < -0.4 is 0 Å². The fraction of sp³-hybridized carbons (Fsp3) is 0.333. The van der Waals surface area contributed by atoms with Gasteiger partial charge < -0.3 is 5.11 Å². The molecule has 0 spiro atoms. The van der Waals surface area contributed by atoms with Crippen molar-refractivity contribution in [1.82, 2.24) is 0 Å². The second kappa shape index (κ2) is 4.14. The van der Waals surface area contributed by atoms with Crippen molar-refractivity contribution in [3.05, 3.63) is 35.4 Å². The maximum atomic E-state index is 10.9. The number of aryl methyl sites for hydroxylation is 1. The first-order valence-electron chi connectivity index (χ1n) is 4.69. The van der Waals surface area contributed by atoms with Crippen molar-refractivity contribution < 1.29 is 9.90 Å². The summed E-state index contributed by atoms with van der Waals surface area (Å²) in [4.78, 5) is 10.9. The molecule has 0 aliphatic heterocycles. The van der Waals surface area contributed by atoms with Crippen LogP contribution in [-0.2, 0) is 11.2 Å². The Morgan fingerprint density at radius 1 is 1.53 bits per heavy atom. The molecule has 0 saturated carbocycles. The standard InChI is InChI=1S/C12H13NO2/c1-9-5-3-4-6-10(9)7-12(2,8-13)11(14)15/h3-6H,7H2,1-2H3,(H,14,15)/t12-/m1/s1. The highest BCUT2D eigenvalue weighted by Crippen LogP contribution is 2.23. The lowest BCUT2D eigenvalue weighted by Gasteiger charge is -2.17. The van der Waals surface area contributed by atoms with Gasteiger partial charge >= 0.3 is 5.97 Å². The molecule has 0 saturated heterocycles. The molecule has 15 heavy (non-hydrogen) atoms. The minimum absolute atomic E-state index is 0.242. The topological polar surface area (TPSA) is 61.1 Å². The number of carboxylic acid groups (broad SMARTS) is 1. The van der Waals surface area contributed by atoms with Crippen LogP contribution in [-0.4, -0.2) is 11.1 Å². The lowest BCUT2D eigenvalue weighted by Crippen LogP contribution is -2.28. The minimum atomic E-state index is -1.34. The number of benzene rings is 1. The molecule has 1 aromatic carbocycles. The van der Waals surface area contributed by atoms with Crippen LogP contribution in [0.25, 0.3) is 0 Å². The lowest BCUT2D eigenvalue weighted by atomic mass is 9.84. The van der Waals surface area contributed by atoms with E-state index in [9.17, 15) is 4.79 Å². The van der Waals surface area contributed by atoms with Gasteiger partial charge in [0.15, 0.2) is 5.41 Å². The van der Waals surface area contributed by atoms with E-state index in [1.165, 1.54) is 6.92 Å².